The Morgan fingerprint density at radius 3 is 2.75 bits per heavy atom. The number of amides is 1. The van der Waals surface area contributed by atoms with E-state index in [9.17, 15) is 14.4 Å². The quantitative estimate of drug-likeness (QED) is 0.705. The molecule has 4 rings (SSSR count). The van der Waals surface area contributed by atoms with Crippen LogP contribution in [0, 0.1) is 6.92 Å². The van der Waals surface area contributed by atoms with Crippen molar-refractivity contribution < 1.29 is 18.7 Å². The van der Waals surface area contributed by atoms with Crippen molar-refractivity contribution in [2.75, 3.05) is 11.9 Å². The first-order valence-electron chi connectivity index (χ1n) is 9.13. The smallest absolute Gasteiger partial charge is 0.374 e. The van der Waals surface area contributed by atoms with E-state index in [2.05, 4.69) is 5.32 Å². The Labute approximate surface area is 161 Å². The third kappa shape index (κ3) is 3.67. The lowest BCUT2D eigenvalue weighted by Crippen LogP contribution is -2.21. The van der Waals surface area contributed by atoms with E-state index in [-0.39, 0.29) is 11.2 Å². The maximum absolute atomic E-state index is 12.2. The molecule has 142 valence electrons. The normalized spacial score (nSPS) is 12.6. The fraction of sp³-hybridized carbons (Fsp3) is 0.227. The van der Waals surface area contributed by atoms with E-state index in [1.807, 2.05) is 25.1 Å². The summed E-state index contributed by atoms with van der Waals surface area (Å²) in [6.07, 6.45) is 3.20. The highest BCUT2D eigenvalue weighted by Gasteiger charge is 2.16. The minimum absolute atomic E-state index is 0.230. The number of ether oxygens (including phenoxy) is 1. The summed E-state index contributed by atoms with van der Waals surface area (Å²) in [5.74, 6) is -1.54. The van der Waals surface area contributed by atoms with E-state index in [4.69, 9.17) is 9.15 Å². The van der Waals surface area contributed by atoms with Crippen molar-refractivity contribution >= 4 is 28.5 Å². The van der Waals surface area contributed by atoms with E-state index < -0.39 is 18.5 Å². The number of benzene rings is 2. The number of anilines is 1. The van der Waals surface area contributed by atoms with Crippen molar-refractivity contribution in [1.29, 1.82) is 0 Å². The Kier molecular flexibility index (Phi) is 4.69. The Hall–Kier alpha value is -3.41. The van der Waals surface area contributed by atoms with Crippen LogP contribution >= 0.6 is 0 Å². The second-order valence-corrected chi connectivity index (χ2v) is 6.94. The number of hydrogen-bond donors (Lipinski definition) is 1. The van der Waals surface area contributed by atoms with Crippen LogP contribution in [0.4, 0.5) is 5.69 Å². The first-order valence-corrected chi connectivity index (χ1v) is 9.13. The lowest BCUT2D eigenvalue weighted by molar-refractivity contribution is -0.119. The van der Waals surface area contributed by atoms with Crippen molar-refractivity contribution in [3.63, 3.8) is 0 Å². The summed E-state index contributed by atoms with van der Waals surface area (Å²) in [7, 11) is 0. The maximum atomic E-state index is 12.2. The molecule has 0 saturated carbocycles. The predicted molar refractivity (Wildman–Crippen MR) is 105 cm³/mol. The summed E-state index contributed by atoms with van der Waals surface area (Å²) in [6, 6.07) is 12.0. The van der Waals surface area contributed by atoms with Gasteiger partial charge in [0, 0.05) is 11.8 Å². The molecule has 0 radical (unpaired) electrons. The molecule has 1 heterocycles. The Bertz CT molecular complexity index is 1150. The van der Waals surface area contributed by atoms with E-state index in [0.29, 0.717) is 16.7 Å². The van der Waals surface area contributed by atoms with Crippen molar-refractivity contribution in [3.8, 4) is 0 Å². The molecule has 0 saturated heterocycles. The zero-order valence-electron chi connectivity index (χ0n) is 15.4. The van der Waals surface area contributed by atoms with Gasteiger partial charge in [0.1, 0.15) is 5.58 Å². The van der Waals surface area contributed by atoms with E-state index in [0.717, 1.165) is 30.9 Å². The Morgan fingerprint density at radius 1 is 1.07 bits per heavy atom. The third-order valence-electron chi connectivity index (χ3n) is 4.80. The topological polar surface area (TPSA) is 85.6 Å². The minimum atomic E-state index is -0.858. The van der Waals surface area contributed by atoms with Crippen LogP contribution in [0.25, 0.3) is 11.0 Å². The lowest BCUT2D eigenvalue weighted by atomic mass is 10.1. The van der Waals surface area contributed by atoms with Gasteiger partial charge < -0.3 is 14.5 Å². The number of fused-ring (bicyclic) bond motifs is 2. The average Bonchev–Trinajstić information content (AvgIpc) is 3.14. The van der Waals surface area contributed by atoms with Gasteiger partial charge in [-0.1, -0.05) is 17.7 Å². The van der Waals surface area contributed by atoms with Gasteiger partial charge in [0.15, 0.2) is 12.0 Å². The van der Waals surface area contributed by atoms with Crippen LogP contribution in [0.2, 0.25) is 0 Å². The molecule has 1 aliphatic rings. The highest BCUT2D eigenvalue weighted by Crippen LogP contribution is 2.24. The van der Waals surface area contributed by atoms with Gasteiger partial charge in [0.2, 0.25) is 5.76 Å². The largest absolute Gasteiger partial charge is 0.450 e. The number of hydrogen-bond acceptors (Lipinski definition) is 5. The van der Waals surface area contributed by atoms with Gasteiger partial charge in [-0.2, -0.15) is 0 Å². The molecular weight excluding hydrogens is 358 g/mol. The Morgan fingerprint density at radius 2 is 1.89 bits per heavy atom. The van der Waals surface area contributed by atoms with Crippen LogP contribution in [0.15, 0.2) is 51.7 Å². The molecular formula is C22H19NO5. The number of rotatable bonds is 4. The number of nitrogens with one attached hydrogen (secondary N) is 1. The summed E-state index contributed by atoms with van der Waals surface area (Å²) < 4.78 is 10.5. The zero-order valence-corrected chi connectivity index (χ0v) is 15.4. The number of carbonyl (C=O) groups is 2. The summed E-state index contributed by atoms with van der Waals surface area (Å²) in [4.78, 5) is 36.4. The van der Waals surface area contributed by atoms with Crippen LogP contribution in [0.5, 0.6) is 0 Å². The molecule has 3 aromatic rings. The van der Waals surface area contributed by atoms with Gasteiger partial charge in [-0.3, -0.25) is 9.59 Å². The molecule has 1 amide bonds. The van der Waals surface area contributed by atoms with Crippen molar-refractivity contribution in [3.05, 3.63) is 75.1 Å². The highest BCUT2D eigenvalue weighted by molar-refractivity contribution is 5.95. The van der Waals surface area contributed by atoms with E-state index in [1.165, 1.54) is 11.1 Å². The number of aryl methyl sites for hydroxylation is 3. The van der Waals surface area contributed by atoms with Crippen LogP contribution in [0.3, 0.4) is 0 Å². The predicted octanol–water partition coefficient (Wildman–Crippen LogP) is 3.39. The highest BCUT2D eigenvalue weighted by atomic mass is 16.5. The standard InChI is InChI=1S/C22H19NO5/c1-13-5-8-19-17(9-13)18(24)11-20(28-19)22(26)27-12-21(25)23-16-7-6-14-3-2-4-15(14)10-16/h5-11H,2-4,12H2,1H3,(H,23,25). The SMILES string of the molecule is Cc1ccc2oc(C(=O)OCC(=O)Nc3ccc4c(c3)CCC4)cc(=O)c2c1. The van der Waals surface area contributed by atoms with Gasteiger partial charge in [-0.15, -0.1) is 0 Å². The minimum Gasteiger partial charge on any atom is -0.450 e. The molecule has 0 spiro atoms. The molecule has 0 bridgehead atoms. The second kappa shape index (κ2) is 7.31. The summed E-state index contributed by atoms with van der Waals surface area (Å²) in [5, 5.41) is 3.11. The van der Waals surface area contributed by atoms with E-state index in [1.54, 1.807) is 18.2 Å². The summed E-state index contributed by atoms with van der Waals surface area (Å²) in [6.45, 7) is 1.40. The summed E-state index contributed by atoms with van der Waals surface area (Å²) >= 11 is 0. The fourth-order valence-electron chi connectivity index (χ4n) is 3.42. The molecule has 0 atom stereocenters. The Balaban J connectivity index is 1.41. The third-order valence-corrected chi connectivity index (χ3v) is 4.80. The van der Waals surface area contributed by atoms with Crippen LogP contribution in [-0.2, 0) is 22.4 Å². The zero-order chi connectivity index (χ0) is 19.7. The molecule has 2 aromatic carbocycles. The number of carbonyl (C=O) groups excluding carboxylic acids is 2. The van der Waals surface area contributed by atoms with Gasteiger partial charge >= 0.3 is 5.97 Å². The lowest BCUT2D eigenvalue weighted by Gasteiger charge is -2.08. The molecule has 1 aliphatic carbocycles. The molecule has 0 fully saturated rings. The van der Waals surface area contributed by atoms with Crippen molar-refractivity contribution in [2.45, 2.75) is 26.2 Å². The molecule has 28 heavy (non-hydrogen) atoms. The molecule has 0 unspecified atom stereocenters. The van der Waals surface area contributed by atoms with Crippen molar-refractivity contribution in [2.24, 2.45) is 0 Å². The second-order valence-electron chi connectivity index (χ2n) is 6.94. The van der Waals surface area contributed by atoms with Crippen LogP contribution in [0.1, 0.15) is 33.7 Å². The van der Waals surface area contributed by atoms with Gasteiger partial charge in [0.05, 0.1) is 5.39 Å². The van der Waals surface area contributed by atoms with Crippen molar-refractivity contribution in [1.82, 2.24) is 0 Å². The first kappa shape index (κ1) is 18.0. The van der Waals surface area contributed by atoms with Gasteiger partial charge in [0.25, 0.3) is 5.91 Å². The van der Waals surface area contributed by atoms with Gasteiger partial charge in [-0.05, 0) is 61.6 Å². The van der Waals surface area contributed by atoms with Crippen LogP contribution < -0.4 is 10.7 Å². The molecule has 0 aliphatic heterocycles. The van der Waals surface area contributed by atoms with E-state index >= 15 is 0 Å². The summed E-state index contributed by atoms with van der Waals surface area (Å²) in [5.41, 5.74) is 4.11. The van der Waals surface area contributed by atoms with Crippen LogP contribution in [-0.4, -0.2) is 18.5 Å². The molecule has 1 N–H and O–H groups in total. The average molecular weight is 377 g/mol. The molecule has 6 heteroatoms. The monoisotopic (exact) mass is 377 g/mol. The maximum Gasteiger partial charge on any atom is 0.374 e. The fourth-order valence-corrected chi connectivity index (χ4v) is 3.42. The number of esters is 1. The molecule has 6 nitrogen and oxygen atoms in total. The van der Waals surface area contributed by atoms with Gasteiger partial charge in [-0.25, -0.2) is 4.79 Å². The molecule has 1 aromatic heterocycles. The first-order chi connectivity index (χ1) is 13.5.